The van der Waals surface area contributed by atoms with Crippen molar-refractivity contribution < 1.29 is 19.5 Å². The first-order valence-electron chi connectivity index (χ1n) is 8.12. The smallest absolute Gasteiger partial charge is 0.323 e. The third kappa shape index (κ3) is 2.70. The molecule has 0 radical (unpaired) electrons. The molecule has 2 aliphatic heterocycles. The summed E-state index contributed by atoms with van der Waals surface area (Å²) in [5.74, 6) is -1.11. The molecule has 0 unspecified atom stereocenters. The molecule has 2 aromatic carbocycles. The minimum Gasteiger partial charge on any atom is -0.508 e. The average Bonchev–Trinajstić information content (AvgIpc) is 3.07. The zero-order valence-corrected chi connectivity index (χ0v) is 14.9. The van der Waals surface area contributed by atoms with Crippen LogP contribution in [0.2, 0.25) is 5.02 Å². The molecule has 2 aliphatic rings. The normalized spacial score (nSPS) is 21.3. The van der Waals surface area contributed by atoms with Gasteiger partial charge in [0.1, 0.15) is 5.75 Å². The molecule has 8 nitrogen and oxygen atoms in total. The second kappa shape index (κ2) is 5.97. The van der Waals surface area contributed by atoms with E-state index in [0.29, 0.717) is 21.7 Å². The molecule has 0 saturated carbocycles. The van der Waals surface area contributed by atoms with Gasteiger partial charge in [-0.15, -0.1) is 0 Å². The number of carbonyl (C=O) groups excluding carboxylic acids is 3. The molecule has 138 valence electrons. The van der Waals surface area contributed by atoms with Gasteiger partial charge >= 0.3 is 6.03 Å². The van der Waals surface area contributed by atoms with E-state index in [1.165, 1.54) is 17.1 Å². The number of nitrogens with one attached hydrogen (secondary N) is 3. The van der Waals surface area contributed by atoms with Gasteiger partial charge in [0.05, 0.1) is 6.54 Å². The molecular formula is C18H15ClN4O4. The van der Waals surface area contributed by atoms with E-state index in [-0.39, 0.29) is 12.3 Å². The molecule has 0 bridgehead atoms. The molecule has 1 atom stereocenters. The van der Waals surface area contributed by atoms with Gasteiger partial charge in [0.15, 0.2) is 0 Å². The van der Waals surface area contributed by atoms with E-state index in [0.717, 1.165) is 5.56 Å². The number of halogens is 1. The number of hydrazine groups is 1. The summed E-state index contributed by atoms with van der Waals surface area (Å²) in [6.45, 7) is 1.98. The Morgan fingerprint density at radius 3 is 2.63 bits per heavy atom. The number of urea groups is 1. The number of nitrogens with zero attached hydrogens (tertiary/aromatic N) is 1. The predicted octanol–water partition coefficient (Wildman–Crippen LogP) is 1.51. The Labute approximate surface area is 159 Å². The highest BCUT2D eigenvalue weighted by Crippen LogP contribution is 2.30. The maximum absolute atomic E-state index is 12.7. The van der Waals surface area contributed by atoms with Crippen LogP contribution in [0, 0.1) is 6.92 Å². The molecule has 9 heteroatoms. The molecule has 2 aromatic rings. The van der Waals surface area contributed by atoms with Crippen molar-refractivity contribution in [1.29, 1.82) is 0 Å². The molecule has 1 fully saturated rings. The molecule has 2 heterocycles. The first kappa shape index (κ1) is 17.3. The van der Waals surface area contributed by atoms with E-state index in [9.17, 15) is 19.5 Å². The Morgan fingerprint density at radius 2 is 1.96 bits per heavy atom. The number of aryl methyl sites for hydroxylation is 1. The number of imide groups is 1. The van der Waals surface area contributed by atoms with Crippen LogP contribution in [0.1, 0.15) is 27.0 Å². The lowest BCUT2D eigenvalue weighted by molar-refractivity contribution is -0.127. The number of phenols is 1. The van der Waals surface area contributed by atoms with Gasteiger partial charge < -0.3 is 10.4 Å². The third-order valence-corrected chi connectivity index (χ3v) is 5.08. The van der Waals surface area contributed by atoms with Crippen molar-refractivity contribution >= 4 is 29.4 Å². The Bertz CT molecular complexity index is 1010. The minimum absolute atomic E-state index is 0.0316. The molecule has 4 rings (SSSR count). The average molecular weight is 387 g/mol. The van der Waals surface area contributed by atoms with Crippen molar-refractivity contribution in [2.24, 2.45) is 0 Å². The number of amides is 4. The van der Waals surface area contributed by atoms with Gasteiger partial charge in [-0.3, -0.25) is 19.9 Å². The number of aromatic hydroxyl groups is 1. The van der Waals surface area contributed by atoms with Crippen molar-refractivity contribution in [3.63, 3.8) is 0 Å². The zero-order chi connectivity index (χ0) is 19.3. The standard InChI is InChI=1S/C18H15ClN4O4/c1-9-2-4-11(6-14(9)19)18(16(26)20-17(27)21-18)22-23-8-10-3-5-12(24)7-13(10)15(23)25/h2-7,22,24H,8H2,1H3,(H2,20,21,26,27)/t18-/m1/s1. The summed E-state index contributed by atoms with van der Waals surface area (Å²) in [4.78, 5) is 37.2. The molecular weight excluding hydrogens is 372 g/mol. The van der Waals surface area contributed by atoms with E-state index in [1.54, 1.807) is 24.3 Å². The number of benzene rings is 2. The highest BCUT2D eigenvalue weighted by molar-refractivity contribution is 6.31. The van der Waals surface area contributed by atoms with E-state index in [1.807, 2.05) is 6.92 Å². The van der Waals surface area contributed by atoms with Crippen LogP contribution in [-0.2, 0) is 17.0 Å². The van der Waals surface area contributed by atoms with Crippen LogP contribution in [0.4, 0.5) is 4.79 Å². The maximum atomic E-state index is 12.7. The lowest BCUT2D eigenvalue weighted by Crippen LogP contribution is -2.61. The Kier molecular flexibility index (Phi) is 3.83. The minimum atomic E-state index is -1.69. The van der Waals surface area contributed by atoms with Crippen LogP contribution in [0.25, 0.3) is 0 Å². The highest BCUT2D eigenvalue weighted by Gasteiger charge is 2.50. The van der Waals surface area contributed by atoms with Crippen LogP contribution in [0.5, 0.6) is 5.75 Å². The summed E-state index contributed by atoms with van der Waals surface area (Å²) < 4.78 is 0. The second-order valence-corrected chi connectivity index (χ2v) is 6.87. The van der Waals surface area contributed by atoms with Crippen molar-refractivity contribution in [2.75, 3.05) is 0 Å². The predicted molar refractivity (Wildman–Crippen MR) is 95.7 cm³/mol. The van der Waals surface area contributed by atoms with E-state index in [4.69, 9.17) is 11.6 Å². The van der Waals surface area contributed by atoms with Gasteiger partial charge in [-0.25, -0.2) is 4.79 Å². The van der Waals surface area contributed by atoms with Gasteiger partial charge in [0.25, 0.3) is 11.8 Å². The summed E-state index contributed by atoms with van der Waals surface area (Å²) >= 11 is 6.19. The lowest BCUT2D eigenvalue weighted by Gasteiger charge is -2.32. The zero-order valence-electron chi connectivity index (χ0n) is 14.2. The third-order valence-electron chi connectivity index (χ3n) is 4.67. The largest absolute Gasteiger partial charge is 0.508 e. The number of hydrogen-bond donors (Lipinski definition) is 4. The van der Waals surface area contributed by atoms with Crippen LogP contribution < -0.4 is 16.1 Å². The maximum Gasteiger partial charge on any atom is 0.323 e. The summed E-state index contributed by atoms with van der Waals surface area (Å²) in [7, 11) is 0. The number of fused-ring (bicyclic) bond motifs is 1. The van der Waals surface area contributed by atoms with Crippen molar-refractivity contribution in [1.82, 2.24) is 21.1 Å². The number of carbonyl (C=O) groups is 3. The van der Waals surface area contributed by atoms with Crippen LogP contribution >= 0.6 is 11.6 Å². The molecule has 27 heavy (non-hydrogen) atoms. The van der Waals surface area contributed by atoms with Crippen molar-refractivity contribution in [3.8, 4) is 5.75 Å². The SMILES string of the molecule is Cc1ccc([C@]2(NN3Cc4ccc(O)cc4C3=O)NC(=O)NC2=O)cc1Cl. The first-order chi connectivity index (χ1) is 12.8. The molecule has 0 spiro atoms. The molecule has 0 aliphatic carbocycles. The fraction of sp³-hybridized carbons (Fsp3) is 0.167. The topological polar surface area (TPSA) is 111 Å². The fourth-order valence-corrected chi connectivity index (χ4v) is 3.39. The summed E-state index contributed by atoms with van der Waals surface area (Å²) in [5.41, 5.74) is 3.36. The van der Waals surface area contributed by atoms with Gasteiger partial charge in [0.2, 0.25) is 5.66 Å². The van der Waals surface area contributed by atoms with Gasteiger partial charge in [0, 0.05) is 16.1 Å². The Morgan fingerprint density at radius 1 is 1.19 bits per heavy atom. The molecule has 4 amide bonds. The molecule has 4 N–H and O–H groups in total. The van der Waals surface area contributed by atoms with E-state index >= 15 is 0 Å². The summed E-state index contributed by atoms with van der Waals surface area (Å²) in [6, 6.07) is 8.72. The molecule has 1 saturated heterocycles. The lowest BCUT2D eigenvalue weighted by atomic mass is 9.99. The van der Waals surface area contributed by atoms with Crippen LogP contribution in [0.3, 0.4) is 0 Å². The number of hydrogen-bond acceptors (Lipinski definition) is 5. The van der Waals surface area contributed by atoms with Crippen LogP contribution in [-0.4, -0.2) is 28.0 Å². The first-order valence-corrected chi connectivity index (χ1v) is 8.50. The van der Waals surface area contributed by atoms with Gasteiger partial charge in [-0.1, -0.05) is 29.8 Å². The quantitative estimate of drug-likeness (QED) is 0.597. The summed E-state index contributed by atoms with van der Waals surface area (Å²) in [6.07, 6.45) is 0. The second-order valence-electron chi connectivity index (χ2n) is 6.47. The highest BCUT2D eigenvalue weighted by atomic mass is 35.5. The van der Waals surface area contributed by atoms with Crippen LogP contribution in [0.15, 0.2) is 36.4 Å². The Balaban J connectivity index is 1.73. The number of rotatable bonds is 3. The van der Waals surface area contributed by atoms with E-state index < -0.39 is 23.5 Å². The Hall–Kier alpha value is -3.10. The monoisotopic (exact) mass is 386 g/mol. The fourth-order valence-electron chi connectivity index (χ4n) is 3.21. The van der Waals surface area contributed by atoms with E-state index in [2.05, 4.69) is 16.1 Å². The molecule has 0 aromatic heterocycles. The summed E-state index contributed by atoms with van der Waals surface area (Å²) in [5, 5.41) is 16.0. The number of phenolic OH excluding ortho intramolecular Hbond substituents is 1. The van der Waals surface area contributed by atoms with Gasteiger partial charge in [-0.2, -0.15) is 5.43 Å². The van der Waals surface area contributed by atoms with Crippen molar-refractivity contribution in [2.45, 2.75) is 19.1 Å². The van der Waals surface area contributed by atoms with Gasteiger partial charge in [-0.05, 0) is 36.2 Å². The van der Waals surface area contributed by atoms with Crippen molar-refractivity contribution in [3.05, 3.63) is 63.7 Å².